The van der Waals surface area contributed by atoms with Crippen molar-refractivity contribution in [2.45, 2.75) is 12.8 Å². The van der Waals surface area contributed by atoms with Gasteiger partial charge in [0.15, 0.2) is 5.96 Å². The summed E-state index contributed by atoms with van der Waals surface area (Å²) in [6.45, 7) is 1.97. The first kappa shape index (κ1) is 20.0. The molecule has 1 saturated heterocycles. The summed E-state index contributed by atoms with van der Waals surface area (Å²) in [5.74, 6) is 1.27. The first-order chi connectivity index (χ1) is 13.5. The monoisotopic (exact) mass is 400 g/mol. The fourth-order valence-corrected chi connectivity index (χ4v) is 3.52. The first-order valence-electron chi connectivity index (χ1n) is 9.27. The van der Waals surface area contributed by atoms with Crippen molar-refractivity contribution in [1.29, 1.82) is 0 Å². The summed E-state index contributed by atoms with van der Waals surface area (Å²) < 4.78 is 5.13. The number of methoxy groups -OCH3 is 1. The Kier molecular flexibility index (Phi) is 6.76. The van der Waals surface area contributed by atoms with Gasteiger partial charge in [-0.3, -0.25) is 9.79 Å². The minimum absolute atomic E-state index is 0.183. The van der Waals surface area contributed by atoms with Crippen molar-refractivity contribution in [2.24, 2.45) is 16.6 Å². The summed E-state index contributed by atoms with van der Waals surface area (Å²) >= 11 is 6.11. The van der Waals surface area contributed by atoms with E-state index in [1.807, 2.05) is 29.2 Å². The SMILES string of the molecule is COc1ccc(NC(N)=NCC2CC(=O)N(CCc3ccccc3)C2)cc1Cl. The van der Waals surface area contributed by atoms with Crippen LogP contribution in [0.25, 0.3) is 0 Å². The molecular formula is C21H25ClN4O2. The van der Waals surface area contributed by atoms with Gasteiger partial charge in [0.1, 0.15) is 5.75 Å². The van der Waals surface area contributed by atoms with E-state index < -0.39 is 0 Å². The average molecular weight is 401 g/mol. The Morgan fingerprint density at radius 3 is 2.82 bits per heavy atom. The van der Waals surface area contributed by atoms with Gasteiger partial charge in [-0.15, -0.1) is 0 Å². The maximum atomic E-state index is 12.2. The predicted molar refractivity (Wildman–Crippen MR) is 113 cm³/mol. The number of guanidine groups is 1. The third kappa shape index (κ3) is 5.39. The standard InChI is InChI=1S/C21H25ClN4O2/c1-28-19-8-7-17(12-18(19)22)25-21(23)24-13-16-11-20(27)26(14-16)10-9-15-5-3-2-4-6-15/h2-8,12,16H,9-11,13-14H2,1H3,(H3,23,24,25). The lowest BCUT2D eigenvalue weighted by molar-refractivity contribution is -0.127. The predicted octanol–water partition coefficient (Wildman–Crippen LogP) is 3.17. The molecule has 1 aliphatic heterocycles. The number of ether oxygens (including phenoxy) is 1. The van der Waals surface area contributed by atoms with E-state index in [2.05, 4.69) is 22.4 Å². The molecule has 7 heteroatoms. The Hall–Kier alpha value is -2.73. The largest absolute Gasteiger partial charge is 0.495 e. The number of hydrogen-bond acceptors (Lipinski definition) is 3. The van der Waals surface area contributed by atoms with Gasteiger partial charge in [-0.1, -0.05) is 41.9 Å². The first-order valence-corrected chi connectivity index (χ1v) is 9.65. The molecule has 1 aliphatic rings. The number of nitrogens with zero attached hydrogens (tertiary/aromatic N) is 2. The van der Waals surface area contributed by atoms with Crippen LogP contribution in [-0.2, 0) is 11.2 Å². The van der Waals surface area contributed by atoms with Crippen LogP contribution in [0.15, 0.2) is 53.5 Å². The van der Waals surface area contributed by atoms with Gasteiger partial charge in [0.25, 0.3) is 0 Å². The molecule has 28 heavy (non-hydrogen) atoms. The van der Waals surface area contributed by atoms with E-state index in [1.54, 1.807) is 19.2 Å². The van der Waals surface area contributed by atoms with Gasteiger partial charge in [-0.2, -0.15) is 0 Å². The van der Waals surface area contributed by atoms with Crippen LogP contribution in [0.1, 0.15) is 12.0 Å². The fraction of sp³-hybridized carbons (Fsp3) is 0.333. The number of likely N-dealkylation sites (tertiary alicyclic amines) is 1. The molecule has 1 heterocycles. The molecule has 1 fully saturated rings. The zero-order valence-corrected chi connectivity index (χ0v) is 16.7. The van der Waals surface area contributed by atoms with E-state index in [1.165, 1.54) is 5.56 Å². The summed E-state index contributed by atoms with van der Waals surface area (Å²) in [6.07, 6.45) is 1.38. The van der Waals surface area contributed by atoms with Crippen molar-refractivity contribution in [3.05, 3.63) is 59.1 Å². The molecule has 0 radical (unpaired) electrons. The molecule has 6 nitrogen and oxygen atoms in total. The van der Waals surface area contributed by atoms with E-state index in [0.717, 1.165) is 25.2 Å². The smallest absolute Gasteiger partial charge is 0.223 e. The van der Waals surface area contributed by atoms with Crippen molar-refractivity contribution < 1.29 is 9.53 Å². The normalized spacial score (nSPS) is 17.1. The van der Waals surface area contributed by atoms with Gasteiger partial charge in [0.05, 0.1) is 12.1 Å². The topological polar surface area (TPSA) is 80.0 Å². The zero-order chi connectivity index (χ0) is 19.9. The fourth-order valence-electron chi connectivity index (χ4n) is 3.26. The number of hydrogen-bond donors (Lipinski definition) is 2. The van der Waals surface area contributed by atoms with Gasteiger partial charge in [0.2, 0.25) is 5.91 Å². The van der Waals surface area contributed by atoms with Crippen LogP contribution < -0.4 is 15.8 Å². The van der Waals surface area contributed by atoms with E-state index in [-0.39, 0.29) is 11.8 Å². The number of anilines is 1. The number of carbonyl (C=O) groups excluding carboxylic acids is 1. The highest BCUT2D eigenvalue weighted by Gasteiger charge is 2.28. The van der Waals surface area contributed by atoms with Gasteiger partial charge in [0, 0.05) is 37.7 Å². The Bertz CT molecular complexity index is 842. The summed E-state index contributed by atoms with van der Waals surface area (Å²) in [7, 11) is 1.57. The lowest BCUT2D eigenvalue weighted by atomic mass is 10.1. The lowest BCUT2D eigenvalue weighted by Gasteiger charge is -2.16. The summed E-state index contributed by atoms with van der Waals surface area (Å²) in [4.78, 5) is 18.6. The van der Waals surface area contributed by atoms with Crippen LogP contribution in [0.3, 0.4) is 0 Å². The van der Waals surface area contributed by atoms with Crippen LogP contribution in [0.5, 0.6) is 5.75 Å². The van der Waals surface area contributed by atoms with E-state index in [0.29, 0.717) is 29.7 Å². The quantitative estimate of drug-likeness (QED) is 0.552. The molecule has 3 rings (SSSR count). The third-order valence-corrected chi connectivity index (χ3v) is 5.05. The van der Waals surface area contributed by atoms with E-state index in [9.17, 15) is 4.79 Å². The maximum absolute atomic E-state index is 12.2. The Morgan fingerprint density at radius 2 is 2.11 bits per heavy atom. The molecule has 0 saturated carbocycles. The second kappa shape index (κ2) is 9.46. The van der Waals surface area contributed by atoms with Crippen molar-refractivity contribution in [2.75, 3.05) is 32.1 Å². The number of benzene rings is 2. The van der Waals surface area contributed by atoms with Crippen molar-refractivity contribution >= 4 is 29.2 Å². The van der Waals surface area contributed by atoms with Crippen LogP contribution in [-0.4, -0.2) is 43.5 Å². The molecule has 2 aromatic carbocycles. The van der Waals surface area contributed by atoms with Gasteiger partial charge < -0.3 is 20.7 Å². The Balaban J connectivity index is 1.48. The van der Waals surface area contributed by atoms with Gasteiger partial charge in [-0.05, 0) is 30.2 Å². The minimum atomic E-state index is 0.183. The minimum Gasteiger partial charge on any atom is -0.495 e. The molecule has 3 N–H and O–H groups in total. The number of nitrogens with two attached hydrogens (primary N) is 1. The van der Waals surface area contributed by atoms with Gasteiger partial charge >= 0.3 is 0 Å². The number of nitrogens with one attached hydrogen (secondary N) is 1. The van der Waals surface area contributed by atoms with E-state index in [4.69, 9.17) is 22.1 Å². The molecule has 1 atom stereocenters. The van der Waals surface area contributed by atoms with Crippen LogP contribution in [0.4, 0.5) is 5.69 Å². The number of amides is 1. The molecule has 1 amide bonds. The van der Waals surface area contributed by atoms with Gasteiger partial charge in [-0.25, -0.2) is 0 Å². The highest BCUT2D eigenvalue weighted by Crippen LogP contribution is 2.27. The second-order valence-electron chi connectivity index (χ2n) is 6.85. The highest BCUT2D eigenvalue weighted by atomic mass is 35.5. The van der Waals surface area contributed by atoms with Crippen molar-refractivity contribution in [3.8, 4) is 5.75 Å². The van der Waals surface area contributed by atoms with Crippen LogP contribution in [0.2, 0.25) is 5.02 Å². The van der Waals surface area contributed by atoms with Crippen molar-refractivity contribution in [1.82, 2.24) is 4.90 Å². The van der Waals surface area contributed by atoms with Crippen LogP contribution >= 0.6 is 11.6 Å². The highest BCUT2D eigenvalue weighted by molar-refractivity contribution is 6.32. The number of carbonyl (C=O) groups is 1. The second-order valence-corrected chi connectivity index (χ2v) is 7.25. The molecule has 0 spiro atoms. The lowest BCUT2D eigenvalue weighted by Crippen LogP contribution is -2.28. The molecule has 1 unspecified atom stereocenters. The Morgan fingerprint density at radius 1 is 1.32 bits per heavy atom. The molecular weight excluding hydrogens is 376 g/mol. The molecule has 0 aliphatic carbocycles. The Labute approximate surface area is 170 Å². The summed E-state index contributed by atoms with van der Waals surface area (Å²) in [5, 5.41) is 3.51. The zero-order valence-electron chi connectivity index (χ0n) is 15.9. The number of aliphatic imine (C=N–C) groups is 1. The third-order valence-electron chi connectivity index (χ3n) is 4.75. The summed E-state index contributed by atoms with van der Waals surface area (Å²) in [6, 6.07) is 15.5. The van der Waals surface area contributed by atoms with E-state index >= 15 is 0 Å². The summed E-state index contributed by atoms with van der Waals surface area (Å²) in [5.41, 5.74) is 7.95. The van der Waals surface area contributed by atoms with Crippen LogP contribution in [0, 0.1) is 5.92 Å². The molecule has 148 valence electrons. The maximum Gasteiger partial charge on any atom is 0.223 e. The molecule has 2 aromatic rings. The molecule has 0 aromatic heterocycles. The van der Waals surface area contributed by atoms with Crippen molar-refractivity contribution in [3.63, 3.8) is 0 Å². The average Bonchev–Trinajstić information content (AvgIpc) is 3.05. The molecule has 0 bridgehead atoms. The number of rotatable bonds is 7. The number of halogens is 1.